The molecule has 2 heterocycles. The SMILES string of the molecule is Cc1cccc2[nH]c(CCC(=O)NCCCN3CCC(O)CC3)nc12. The Balaban J connectivity index is 1.34. The summed E-state index contributed by atoms with van der Waals surface area (Å²) in [5, 5.41) is 12.5. The Morgan fingerprint density at radius 1 is 1.40 bits per heavy atom. The maximum absolute atomic E-state index is 12.0. The summed E-state index contributed by atoms with van der Waals surface area (Å²) in [6.07, 6.45) is 3.63. The monoisotopic (exact) mass is 344 g/mol. The minimum Gasteiger partial charge on any atom is -0.393 e. The number of hydrogen-bond donors (Lipinski definition) is 3. The van der Waals surface area contributed by atoms with Crippen LogP contribution in [0.2, 0.25) is 0 Å². The van der Waals surface area contributed by atoms with Crippen LogP contribution in [0, 0.1) is 6.92 Å². The van der Waals surface area contributed by atoms with E-state index in [1.165, 1.54) is 0 Å². The minimum absolute atomic E-state index is 0.0752. The van der Waals surface area contributed by atoms with Crippen molar-refractivity contribution in [2.24, 2.45) is 0 Å². The highest BCUT2D eigenvalue weighted by Crippen LogP contribution is 2.16. The molecule has 1 saturated heterocycles. The summed E-state index contributed by atoms with van der Waals surface area (Å²) in [4.78, 5) is 22.2. The van der Waals surface area contributed by atoms with Gasteiger partial charge in [-0.25, -0.2) is 4.98 Å². The predicted octanol–water partition coefficient (Wildman–Crippen LogP) is 1.77. The van der Waals surface area contributed by atoms with Crippen molar-refractivity contribution in [3.8, 4) is 0 Å². The summed E-state index contributed by atoms with van der Waals surface area (Å²) in [5.74, 6) is 0.942. The molecule has 1 fully saturated rings. The van der Waals surface area contributed by atoms with Gasteiger partial charge in [-0.15, -0.1) is 0 Å². The maximum atomic E-state index is 12.0. The number of rotatable bonds is 7. The largest absolute Gasteiger partial charge is 0.393 e. The van der Waals surface area contributed by atoms with E-state index in [-0.39, 0.29) is 12.0 Å². The second-order valence-corrected chi connectivity index (χ2v) is 6.93. The second-order valence-electron chi connectivity index (χ2n) is 6.93. The Kier molecular flexibility index (Phi) is 6.04. The molecule has 1 aliphatic heterocycles. The molecule has 0 radical (unpaired) electrons. The molecule has 1 aromatic heterocycles. The van der Waals surface area contributed by atoms with Gasteiger partial charge in [0.1, 0.15) is 5.82 Å². The molecule has 0 aliphatic carbocycles. The van der Waals surface area contributed by atoms with Crippen LogP contribution >= 0.6 is 0 Å². The number of fused-ring (bicyclic) bond motifs is 1. The first-order valence-electron chi connectivity index (χ1n) is 9.23. The predicted molar refractivity (Wildman–Crippen MR) is 98.5 cm³/mol. The fourth-order valence-electron chi connectivity index (χ4n) is 3.34. The number of aromatic nitrogens is 2. The number of nitrogens with zero attached hydrogens (tertiary/aromatic N) is 2. The van der Waals surface area contributed by atoms with Gasteiger partial charge in [-0.05, 0) is 44.4 Å². The van der Waals surface area contributed by atoms with Gasteiger partial charge in [0.2, 0.25) is 5.91 Å². The third-order valence-corrected chi connectivity index (χ3v) is 4.88. The van der Waals surface area contributed by atoms with E-state index in [9.17, 15) is 9.90 Å². The Morgan fingerprint density at radius 2 is 2.20 bits per heavy atom. The first kappa shape index (κ1) is 17.9. The van der Waals surface area contributed by atoms with E-state index in [1.54, 1.807) is 0 Å². The molecule has 3 rings (SSSR count). The Labute approximate surface area is 148 Å². The van der Waals surface area contributed by atoms with Gasteiger partial charge in [0.25, 0.3) is 0 Å². The number of carbonyl (C=O) groups excluding carboxylic acids is 1. The number of hydrogen-bond acceptors (Lipinski definition) is 4. The average Bonchev–Trinajstić information content (AvgIpc) is 3.03. The quantitative estimate of drug-likeness (QED) is 0.669. The highest BCUT2D eigenvalue weighted by Gasteiger charge is 2.16. The Hall–Kier alpha value is -1.92. The van der Waals surface area contributed by atoms with Crippen LogP contribution < -0.4 is 5.32 Å². The van der Waals surface area contributed by atoms with Crippen LogP contribution in [0.25, 0.3) is 11.0 Å². The topological polar surface area (TPSA) is 81.2 Å². The zero-order valence-corrected chi connectivity index (χ0v) is 14.9. The molecule has 0 unspecified atom stereocenters. The van der Waals surface area contributed by atoms with Gasteiger partial charge >= 0.3 is 0 Å². The Bertz CT molecular complexity index is 705. The number of piperidine rings is 1. The van der Waals surface area contributed by atoms with Gasteiger partial charge in [0, 0.05) is 32.5 Å². The van der Waals surface area contributed by atoms with Crippen LogP contribution in [0.1, 0.15) is 37.1 Å². The summed E-state index contributed by atoms with van der Waals surface area (Å²) in [5.41, 5.74) is 3.17. The number of para-hydroxylation sites is 1. The number of amides is 1. The van der Waals surface area contributed by atoms with Gasteiger partial charge < -0.3 is 20.3 Å². The fourth-order valence-corrected chi connectivity index (χ4v) is 3.34. The summed E-state index contributed by atoms with van der Waals surface area (Å²) in [6, 6.07) is 6.07. The minimum atomic E-state index is -0.127. The second kappa shape index (κ2) is 8.45. The van der Waals surface area contributed by atoms with E-state index in [4.69, 9.17) is 0 Å². The zero-order chi connectivity index (χ0) is 17.6. The average molecular weight is 344 g/mol. The van der Waals surface area contributed by atoms with Crippen molar-refractivity contribution in [3.05, 3.63) is 29.6 Å². The number of aryl methyl sites for hydroxylation is 2. The van der Waals surface area contributed by atoms with E-state index in [0.717, 1.165) is 61.3 Å². The van der Waals surface area contributed by atoms with Gasteiger partial charge in [-0.3, -0.25) is 4.79 Å². The van der Waals surface area contributed by atoms with Gasteiger partial charge in [-0.1, -0.05) is 12.1 Å². The van der Waals surface area contributed by atoms with E-state index < -0.39 is 0 Å². The standard InChI is InChI=1S/C19H28N4O2/c1-14-4-2-5-16-19(14)22-17(21-16)6-7-18(25)20-10-3-11-23-12-8-15(24)9-13-23/h2,4-5,15,24H,3,6-13H2,1H3,(H,20,25)(H,21,22). The molecule has 1 amide bonds. The molecule has 0 spiro atoms. The van der Waals surface area contributed by atoms with Crippen LogP contribution in [0.4, 0.5) is 0 Å². The summed E-state index contributed by atoms with van der Waals surface area (Å²) in [6.45, 7) is 5.65. The summed E-state index contributed by atoms with van der Waals surface area (Å²) >= 11 is 0. The lowest BCUT2D eigenvalue weighted by Gasteiger charge is -2.29. The Morgan fingerprint density at radius 3 is 2.96 bits per heavy atom. The molecule has 6 heteroatoms. The first-order chi connectivity index (χ1) is 12.1. The molecular weight excluding hydrogens is 316 g/mol. The number of H-pyrrole nitrogens is 1. The molecule has 3 N–H and O–H groups in total. The zero-order valence-electron chi connectivity index (χ0n) is 14.9. The number of aromatic amines is 1. The highest BCUT2D eigenvalue weighted by molar-refractivity contribution is 5.79. The normalized spacial score (nSPS) is 16.4. The molecule has 2 aromatic rings. The molecule has 0 atom stereocenters. The lowest BCUT2D eigenvalue weighted by molar-refractivity contribution is -0.121. The lowest BCUT2D eigenvalue weighted by Crippen LogP contribution is -2.37. The van der Waals surface area contributed by atoms with Crippen LogP contribution in [-0.4, -0.2) is 58.2 Å². The van der Waals surface area contributed by atoms with Crippen LogP contribution in [0.3, 0.4) is 0 Å². The number of carbonyl (C=O) groups is 1. The number of imidazole rings is 1. The molecule has 0 bridgehead atoms. The fraction of sp³-hybridized carbons (Fsp3) is 0.579. The molecule has 136 valence electrons. The van der Waals surface area contributed by atoms with Crippen molar-refractivity contribution in [1.82, 2.24) is 20.2 Å². The van der Waals surface area contributed by atoms with Gasteiger partial charge in [-0.2, -0.15) is 0 Å². The van der Waals surface area contributed by atoms with E-state index in [1.807, 2.05) is 25.1 Å². The number of nitrogens with one attached hydrogen (secondary N) is 2. The van der Waals surface area contributed by atoms with E-state index in [0.29, 0.717) is 19.4 Å². The van der Waals surface area contributed by atoms with Gasteiger partial charge in [0.05, 0.1) is 17.1 Å². The summed E-state index contributed by atoms with van der Waals surface area (Å²) in [7, 11) is 0. The third kappa shape index (κ3) is 5.03. The maximum Gasteiger partial charge on any atom is 0.220 e. The number of benzene rings is 1. The molecular formula is C19H28N4O2. The number of aliphatic hydroxyl groups excluding tert-OH is 1. The van der Waals surface area contributed by atoms with Crippen molar-refractivity contribution in [2.45, 2.75) is 45.1 Å². The van der Waals surface area contributed by atoms with Crippen molar-refractivity contribution in [1.29, 1.82) is 0 Å². The van der Waals surface area contributed by atoms with Crippen molar-refractivity contribution >= 4 is 16.9 Å². The molecule has 6 nitrogen and oxygen atoms in total. The lowest BCUT2D eigenvalue weighted by atomic mass is 10.1. The van der Waals surface area contributed by atoms with Crippen LogP contribution in [0.15, 0.2) is 18.2 Å². The molecule has 1 aliphatic rings. The smallest absolute Gasteiger partial charge is 0.220 e. The number of likely N-dealkylation sites (tertiary alicyclic amines) is 1. The van der Waals surface area contributed by atoms with E-state index >= 15 is 0 Å². The van der Waals surface area contributed by atoms with Crippen LogP contribution in [-0.2, 0) is 11.2 Å². The van der Waals surface area contributed by atoms with Crippen molar-refractivity contribution in [3.63, 3.8) is 0 Å². The van der Waals surface area contributed by atoms with Crippen molar-refractivity contribution < 1.29 is 9.90 Å². The van der Waals surface area contributed by atoms with Crippen molar-refractivity contribution in [2.75, 3.05) is 26.2 Å². The van der Waals surface area contributed by atoms with E-state index in [2.05, 4.69) is 20.2 Å². The molecule has 0 saturated carbocycles. The third-order valence-electron chi connectivity index (χ3n) is 4.88. The first-order valence-corrected chi connectivity index (χ1v) is 9.23. The molecule has 25 heavy (non-hydrogen) atoms. The highest BCUT2D eigenvalue weighted by atomic mass is 16.3. The molecule has 1 aromatic carbocycles. The van der Waals surface area contributed by atoms with Crippen LogP contribution in [0.5, 0.6) is 0 Å². The van der Waals surface area contributed by atoms with Gasteiger partial charge in [0.15, 0.2) is 0 Å². The summed E-state index contributed by atoms with van der Waals surface area (Å²) < 4.78 is 0. The number of aliphatic hydroxyl groups is 1.